The third-order valence-electron chi connectivity index (χ3n) is 1.90. The molecular weight excluding hydrogens is 146 g/mol. The van der Waals surface area contributed by atoms with Crippen LogP contribution in [-0.2, 0) is 4.74 Å². The lowest BCUT2D eigenvalue weighted by atomic mass is 10.4. The fourth-order valence-corrected chi connectivity index (χ4v) is 1.60. The van der Waals surface area contributed by atoms with Gasteiger partial charge in [0.15, 0.2) is 0 Å². The lowest BCUT2D eigenvalue weighted by Crippen LogP contribution is -2.40. The molecule has 3 heteroatoms. The van der Waals surface area contributed by atoms with E-state index in [1.807, 2.05) is 11.8 Å². The van der Waals surface area contributed by atoms with Gasteiger partial charge in [-0.2, -0.15) is 0 Å². The molecule has 0 spiro atoms. The van der Waals surface area contributed by atoms with E-state index in [9.17, 15) is 0 Å². The molecule has 0 N–H and O–H groups in total. The molecular formula is C7H15NOS. The zero-order valence-electron chi connectivity index (χ0n) is 6.67. The van der Waals surface area contributed by atoms with Gasteiger partial charge in [-0.3, -0.25) is 4.90 Å². The van der Waals surface area contributed by atoms with Crippen LogP contribution in [0.1, 0.15) is 6.92 Å². The Balaban J connectivity index is 2.24. The number of thioether (sulfide) groups is 1. The van der Waals surface area contributed by atoms with Crippen LogP contribution >= 0.6 is 11.8 Å². The van der Waals surface area contributed by atoms with Crippen molar-refractivity contribution in [3.8, 4) is 0 Å². The number of hydrogen-bond donors (Lipinski definition) is 0. The first-order chi connectivity index (χ1) is 4.84. The van der Waals surface area contributed by atoms with Gasteiger partial charge in [0, 0.05) is 13.1 Å². The molecule has 0 aromatic carbocycles. The fraction of sp³-hybridized carbons (Fsp3) is 1.00. The Bertz CT molecular complexity index is 93.6. The largest absolute Gasteiger partial charge is 0.379 e. The van der Waals surface area contributed by atoms with E-state index in [1.54, 1.807) is 0 Å². The normalized spacial score (nSPS) is 24.6. The quantitative estimate of drug-likeness (QED) is 0.600. The first-order valence-corrected chi connectivity index (χ1v) is 4.98. The van der Waals surface area contributed by atoms with Crippen LogP contribution < -0.4 is 0 Å². The Labute approximate surface area is 66.9 Å². The van der Waals surface area contributed by atoms with E-state index in [2.05, 4.69) is 18.1 Å². The second-order valence-corrected chi connectivity index (χ2v) is 3.64. The van der Waals surface area contributed by atoms with Gasteiger partial charge in [0.2, 0.25) is 0 Å². The van der Waals surface area contributed by atoms with Crippen molar-refractivity contribution in [3.05, 3.63) is 0 Å². The van der Waals surface area contributed by atoms with Crippen LogP contribution in [0.3, 0.4) is 0 Å². The molecule has 0 aliphatic carbocycles. The monoisotopic (exact) mass is 161 g/mol. The van der Waals surface area contributed by atoms with Crippen LogP contribution in [0.4, 0.5) is 0 Å². The first kappa shape index (κ1) is 8.37. The molecule has 0 aromatic rings. The molecule has 1 fully saturated rings. The van der Waals surface area contributed by atoms with E-state index in [0.29, 0.717) is 5.37 Å². The van der Waals surface area contributed by atoms with Gasteiger partial charge in [-0.15, -0.1) is 11.8 Å². The summed E-state index contributed by atoms with van der Waals surface area (Å²) in [5.74, 6) is 0. The van der Waals surface area contributed by atoms with Gasteiger partial charge in [-0.1, -0.05) is 0 Å². The van der Waals surface area contributed by atoms with Crippen molar-refractivity contribution in [1.82, 2.24) is 4.90 Å². The Hall–Kier alpha value is 0.270. The van der Waals surface area contributed by atoms with E-state index in [4.69, 9.17) is 4.74 Å². The smallest absolute Gasteiger partial charge is 0.0594 e. The average molecular weight is 161 g/mol. The molecule has 1 rings (SSSR count). The lowest BCUT2D eigenvalue weighted by molar-refractivity contribution is 0.0352. The molecule has 0 unspecified atom stereocenters. The minimum atomic E-state index is 0.656. The summed E-state index contributed by atoms with van der Waals surface area (Å²) in [5.41, 5.74) is 0. The van der Waals surface area contributed by atoms with Gasteiger partial charge in [0.05, 0.1) is 18.6 Å². The summed E-state index contributed by atoms with van der Waals surface area (Å²) in [6, 6.07) is 0. The van der Waals surface area contributed by atoms with E-state index < -0.39 is 0 Å². The maximum atomic E-state index is 5.24. The first-order valence-electron chi connectivity index (χ1n) is 3.69. The van der Waals surface area contributed by atoms with Gasteiger partial charge in [-0.25, -0.2) is 0 Å². The maximum absolute atomic E-state index is 5.24. The number of hydrogen-bond acceptors (Lipinski definition) is 3. The van der Waals surface area contributed by atoms with Crippen molar-refractivity contribution in [2.24, 2.45) is 0 Å². The van der Waals surface area contributed by atoms with Gasteiger partial charge in [0.25, 0.3) is 0 Å². The molecule has 1 atom stereocenters. The molecule has 2 nitrogen and oxygen atoms in total. The van der Waals surface area contributed by atoms with E-state index in [-0.39, 0.29) is 0 Å². The molecule has 1 heterocycles. The zero-order valence-corrected chi connectivity index (χ0v) is 7.49. The van der Waals surface area contributed by atoms with Crippen molar-refractivity contribution < 1.29 is 4.74 Å². The van der Waals surface area contributed by atoms with Gasteiger partial charge >= 0.3 is 0 Å². The van der Waals surface area contributed by atoms with Crippen molar-refractivity contribution in [3.63, 3.8) is 0 Å². The summed E-state index contributed by atoms with van der Waals surface area (Å²) in [6.45, 7) is 6.26. The van der Waals surface area contributed by atoms with Gasteiger partial charge in [0.1, 0.15) is 0 Å². The highest BCUT2D eigenvalue weighted by Crippen LogP contribution is 2.12. The standard InChI is InChI=1S/C7H15NOS/c1-7(10-2)8-3-5-9-6-4-8/h7H,3-6H2,1-2H3/t7-/m0/s1. The van der Waals surface area contributed by atoms with Crippen LogP contribution in [0.15, 0.2) is 0 Å². The number of ether oxygens (including phenoxy) is 1. The predicted molar refractivity (Wildman–Crippen MR) is 45.4 cm³/mol. The number of nitrogens with zero attached hydrogens (tertiary/aromatic N) is 1. The topological polar surface area (TPSA) is 12.5 Å². The number of rotatable bonds is 2. The van der Waals surface area contributed by atoms with E-state index in [1.165, 1.54) is 0 Å². The Morgan fingerprint density at radius 3 is 2.50 bits per heavy atom. The minimum absolute atomic E-state index is 0.656. The second-order valence-electron chi connectivity index (χ2n) is 2.48. The highest BCUT2D eigenvalue weighted by atomic mass is 32.2. The maximum Gasteiger partial charge on any atom is 0.0594 e. The summed E-state index contributed by atoms with van der Waals surface area (Å²) in [7, 11) is 0. The predicted octanol–water partition coefficient (Wildman–Crippen LogP) is 1.03. The molecule has 0 amide bonds. The molecule has 60 valence electrons. The van der Waals surface area contributed by atoms with Crippen molar-refractivity contribution in [2.75, 3.05) is 32.6 Å². The summed E-state index contributed by atoms with van der Waals surface area (Å²) in [5, 5.41) is 0.656. The average Bonchev–Trinajstić information content (AvgIpc) is 2.05. The van der Waals surface area contributed by atoms with Crippen molar-refractivity contribution >= 4 is 11.8 Å². The van der Waals surface area contributed by atoms with Crippen molar-refractivity contribution in [2.45, 2.75) is 12.3 Å². The van der Waals surface area contributed by atoms with Gasteiger partial charge in [-0.05, 0) is 13.2 Å². The minimum Gasteiger partial charge on any atom is -0.379 e. The Morgan fingerprint density at radius 2 is 2.00 bits per heavy atom. The molecule has 1 saturated heterocycles. The van der Waals surface area contributed by atoms with Crippen LogP contribution in [0.5, 0.6) is 0 Å². The van der Waals surface area contributed by atoms with Gasteiger partial charge < -0.3 is 4.74 Å². The molecule has 1 aliphatic rings. The molecule has 0 bridgehead atoms. The number of morpholine rings is 1. The molecule has 1 aliphatic heterocycles. The third kappa shape index (κ3) is 2.15. The molecule has 10 heavy (non-hydrogen) atoms. The highest BCUT2D eigenvalue weighted by Gasteiger charge is 2.14. The Morgan fingerprint density at radius 1 is 1.40 bits per heavy atom. The SMILES string of the molecule is CS[C@@H](C)N1CCOCC1. The van der Waals surface area contributed by atoms with Crippen molar-refractivity contribution in [1.29, 1.82) is 0 Å². The summed E-state index contributed by atoms with van der Waals surface area (Å²) in [4.78, 5) is 2.45. The summed E-state index contributed by atoms with van der Waals surface area (Å²) in [6.07, 6.45) is 2.15. The van der Waals surface area contributed by atoms with Crippen LogP contribution in [0, 0.1) is 0 Å². The second kappa shape index (κ2) is 4.21. The van der Waals surface area contributed by atoms with Crippen LogP contribution in [0.2, 0.25) is 0 Å². The lowest BCUT2D eigenvalue weighted by Gasteiger charge is -2.30. The zero-order chi connectivity index (χ0) is 7.40. The van der Waals surface area contributed by atoms with E-state index >= 15 is 0 Å². The van der Waals surface area contributed by atoms with Crippen LogP contribution in [-0.4, -0.2) is 42.8 Å². The third-order valence-corrected chi connectivity index (χ3v) is 2.88. The molecule has 0 aromatic heterocycles. The fourth-order valence-electron chi connectivity index (χ4n) is 1.09. The Kier molecular flexibility index (Phi) is 3.52. The summed E-state index contributed by atoms with van der Waals surface area (Å²) < 4.78 is 5.24. The summed E-state index contributed by atoms with van der Waals surface area (Å²) >= 11 is 1.90. The van der Waals surface area contributed by atoms with E-state index in [0.717, 1.165) is 26.3 Å². The molecule has 0 radical (unpaired) electrons. The van der Waals surface area contributed by atoms with Crippen LogP contribution in [0.25, 0.3) is 0 Å². The molecule has 0 saturated carbocycles. The highest BCUT2D eigenvalue weighted by molar-refractivity contribution is 7.99.